The number of alkyl halides is 1. The number of hydrogen-bond acceptors (Lipinski definition) is 3. The van der Waals surface area contributed by atoms with Gasteiger partial charge >= 0.3 is 0 Å². The highest BCUT2D eigenvalue weighted by Gasteiger charge is 2.34. The second-order valence-corrected chi connectivity index (χ2v) is 4.04. The molecule has 0 N–H and O–H groups in total. The standard InChI is InChI=1S/C11H12ClN3/c12-5-7-14-9-3-1-2-4-10(9)15-8-6-13-11(14)15/h1-4H,5-8H2. The minimum absolute atomic E-state index is 0.626. The van der Waals surface area contributed by atoms with Gasteiger partial charge in [-0.1, -0.05) is 12.1 Å². The zero-order chi connectivity index (χ0) is 10.3. The highest BCUT2D eigenvalue weighted by molar-refractivity contribution is 6.20. The number of guanidine groups is 1. The Kier molecular flexibility index (Phi) is 2.06. The van der Waals surface area contributed by atoms with Crippen molar-refractivity contribution in [1.29, 1.82) is 0 Å². The smallest absolute Gasteiger partial charge is 0.206 e. The first-order valence-electron chi connectivity index (χ1n) is 5.16. The Hall–Kier alpha value is -1.22. The SMILES string of the molecule is ClCCN1C2=NCCN2c2ccccc21. The van der Waals surface area contributed by atoms with Crippen molar-refractivity contribution in [2.45, 2.75) is 0 Å². The van der Waals surface area contributed by atoms with Gasteiger partial charge in [0, 0.05) is 19.0 Å². The lowest BCUT2D eigenvalue weighted by molar-refractivity contribution is 1.03. The quantitative estimate of drug-likeness (QED) is 0.711. The third-order valence-electron chi connectivity index (χ3n) is 2.83. The van der Waals surface area contributed by atoms with Gasteiger partial charge in [-0.15, -0.1) is 11.6 Å². The van der Waals surface area contributed by atoms with Gasteiger partial charge in [0.05, 0.1) is 17.9 Å². The van der Waals surface area contributed by atoms with E-state index < -0.39 is 0 Å². The Morgan fingerprint density at radius 1 is 1.27 bits per heavy atom. The lowest BCUT2D eigenvalue weighted by Crippen LogP contribution is -2.36. The molecular weight excluding hydrogens is 210 g/mol. The molecule has 2 aliphatic rings. The maximum Gasteiger partial charge on any atom is 0.206 e. The van der Waals surface area contributed by atoms with Crippen LogP contribution in [-0.2, 0) is 0 Å². The van der Waals surface area contributed by atoms with Crippen LogP contribution in [-0.4, -0.2) is 31.5 Å². The number of anilines is 2. The van der Waals surface area contributed by atoms with E-state index in [-0.39, 0.29) is 0 Å². The fourth-order valence-electron chi connectivity index (χ4n) is 2.23. The Morgan fingerprint density at radius 2 is 2.07 bits per heavy atom. The van der Waals surface area contributed by atoms with E-state index in [2.05, 4.69) is 39.1 Å². The summed E-state index contributed by atoms with van der Waals surface area (Å²) in [6.45, 7) is 2.71. The second-order valence-electron chi connectivity index (χ2n) is 3.66. The van der Waals surface area contributed by atoms with E-state index >= 15 is 0 Å². The van der Waals surface area contributed by atoms with Crippen molar-refractivity contribution in [3.05, 3.63) is 24.3 Å². The summed E-state index contributed by atoms with van der Waals surface area (Å²) in [4.78, 5) is 8.99. The third kappa shape index (κ3) is 1.23. The molecule has 1 aromatic carbocycles. The first-order valence-corrected chi connectivity index (χ1v) is 5.70. The maximum absolute atomic E-state index is 5.82. The summed E-state index contributed by atoms with van der Waals surface area (Å²) in [7, 11) is 0. The van der Waals surface area contributed by atoms with Crippen molar-refractivity contribution in [3.63, 3.8) is 0 Å². The number of fused-ring (bicyclic) bond motifs is 3. The van der Waals surface area contributed by atoms with E-state index in [1.165, 1.54) is 11.4 Å². The first-order chi connectivity index (χ1) is 7.42. The van der Waals surface area contributed by atoms with E-state index in [0.29, 0.717) is 5.88 Å². The monoisotopic (exact) mass is 221 g/mol. The molecule has 0 atom stereocenters. The number of hydrogen-bond donors (Lipinski definition) is 0. The molecule has 0 spiro atoms. The largest absolute Gasteiger partial charge is 0.309 e. The van der Waals surface area contributed by atoms with Crippen LogP contribution in [0.25, 0.3) is 0 Å². The fourth-order valence-corrected chi connectivity index (χ4v) is 2.40. The predicted octanol–water partition coefficient (Wildman–Crippen LogP) is 1.92. The number of para-hydroxylation sites is 2. The van der Waals surface area contributed by atoms with Gasteiger partial charge in [0.1, 0.15) is 0 Å². The third-order valence-corrected chi connectivity index (χ3v) is 3.00. The van der Waals surface area contributed by atoms with Gasteiger partial charge in [-0.25, -0.2) is 0 Å². The van der Waals surface area contributed by atoms with E-state index in [1.807, 2.05) is 0 Å². The molecule has 0 aromatic heterocycles. The zero-order valence-electron chi connectivity index (χ0n) is 8.36. The van der Waals surface area contributed by atoms with Gasteiger partial charge in [0.15, 0.2) is 0 Å². The Labute approximate surface area is 94.0 Å². The van der Waals surface area contributed by atoms with Gasteiger partial charge in [-0.2, -0.15) is 0 Å². The molecule has 3 rings (SSSR count). The summed E-state index contributed by atoms with van der Waals surface area (Å²) < 4.78 is 0. The summed E-state index contributed by atoms with van der Waals surface area (Å²) in [6.07, 6.45) is 0. The summed E-state index contributed by atoms with van der Waals surface area (Å²) in [6, 6.07) is 8.40. The Bertz CT molecular complexity index is 416. The van der Waals surface area contributed by atoms with Crippen LogP contribution in [0.15, 0.2) is 29.3 Å². The topological polar surface area (TPSA) is 18.8 Å². The zero-order valence-corrected chi connectivity index (χ0v) is 9.11. The van der Waals surface area contributed by atoms with Crippen LogP contribution >= 0.6 is 11.6 Å². The van der Waals surface area contributed by atoms with Crippen molar-refractivity contribution >= 4 is 28.9 Å². The number of rotatable bonds is 2. The van der Waals surface area contributed by atoms with Gasteiger partial charge in [-0.3, -0.25) is 4.99 Å². The average Bonchev–Trinajstić information content (AvgIpc) is 2.82. The number of halogens is 1. The molecule has 2 heterocycles. The van der Waals surface area contributed by atoms with Gasteiger partial charge < -0.3 is 9.80 Å². The van der Waals surface area contributed by atoms with Crippen molar-refractivity contribution in [2.75, 3.05) is 35.3 Å². The first kappa shape index (κ1) is 9.04. The number of benzene rings is 1. The number of nitrogens with zero attached hydrogens (tertiary/aromatic N) is 3. The molecule has 0 aliphatic carbocycles. The van der Waals surface area contributed by atoms with Crippen LogP contribution in [0.5, 0.6) is 0 Å². The van der Waals surface area contributed by atoms with Crippen molar-refractivity contribution in [3.8, 4) is 0 Å². The molecule has 0 fully saturated rings. The molecule has 0 unspecified atom stereocenters. The normalized spacial score (nSPS) is 17.8. The minimum Gasteiger partial charge on any atom is -0.309 e. The van der Waals surface area contributed by atoms with Gasteiger partial charge in [-0.05, 0) is 12.1 Å². The highest BCUT2D eigenvalue weighted by Crippen LogP contribution is 2.38. The van der Waals surface area contributed by atoms with Crippen LogP contribution in [0.1, 0.15) is 0 Å². The maximum atomic E-state index is 5.82. The minimum atomic E-state index is 0.626. The van der Waals surface area contributed by atoms with E-state index in [4.69, 9.17) is 11.6 Å². The van der Waals surface area contributed by atoms with Crippen LogP contribution in [0.4, 0.5) is 11.4 Å². The summed E-state index contributed by atoms with van der Waals surface area (Å²) in [5.74, 6) is 1.69. The molecule has 0 saturated carbocycles. The van der Waals surface area contributed by atoms with Crippen molar-refractivity contribution in [1.82, 2.24) is 0 Å². The van der Waals surface area contributed by atoms with Crippen LogP contribution in [0, 0.1) is 0 Å². The lowest BCUT2D eigenvalue weighted by atomic mass is 10.2. The van der Waals surface area contributed by atoms with E-state index in [9.17, 15) is 0 Å². The average molecular weight is 222 g/mol. The van der Waals surface area contributed by atoms with Gasteiger partial charge in [0.2, 0.25) is 5.96 Å². The number of aliphatic imine (C=N–C) groups is 1. The molecule has 0 amide bonds. The molecule has 0 bridgehead atoms. The summed E-state index contributed by atoms with van der Waals surface area (Å²) in [5, 5.41) is 0. The van der Waals surface area contributed by atoms with E-state index in [1.54, 1.807) is 0 Å². The van der Waals surface area contributed by atoms with Crippen molar-refractivity contribution in [2.24, 2.45) is 4.99 Å². The molecule has 0 saturated heterocycles. The molecular formula is C11H12ClN3. The van der Waals surface area contributed by atoms with Gasteiger partial charge in [0.25, 0.3) is 0 Å². The van der Waals surface area contributed by atoms with Crippen LogP contribution in [0.3, 0.4) is 0 Å². The molecule has 3 nitrogen and oxygen atoms in total. The van der Waals surface area contributed by atoms with E-state index in [0.717, 1.165) is 25.6 Å². The molecule has 1 aromatic rings. The molecule has 4 heteroatoms. The molecule has 2 aliphatic heterocycles. The van der Waals surface area contributed by atoms with Crippen LogP contribution < -0.4 is 9.80 Å². The highest BCUT2D eigenvalue weighted by atomic mass is 35.5. The second kappa shape index (κ2) is 3.42. The summed E-state index contributed by atoms with van der Waals surface area (Å²) >= 11 is 5.82. The van der Waals surface area contributed by atoms with Crippen molar-refractivity contribution < 1.29 is 0 Å². The molecule has 78 valence electrons. The lowest BCUT2D eigenvalue weighted by Gasteiger charge is -2.17. The van der Waals surface area contributed by atoms with Crippen LogP contribution in [0.2, 0.25) is 0 Å². The molecule has 15 heavy (non-hydrogen) atoms. The Morgan fingerprint density at radius 3 is 2.87 bits per heavy atom. The predicted molar refractivity (Wildman–Crippen MR) is 64.2 cm³/mol. The summed E-state index contributed by atoms with van der Waals surface area (Å²) in [5.41, 5.74) is 2.50. The fraction of sp³-hybridized carbons (Fsp3) is 0.364. The molecule has 0 radical (unpaired) electrons. The Balaban J connectivity index is 2.08.